The maximum Gasteiger partial charge on any atom is 0.339 e. The quantitative estimate of drug-likeness (QED) is 0.176. The van der Waals surface area contributed by atoms with Crippen LogP contribution in [0, 0.1) is 34.9 Å². The van der Waals surface area contributed by atoms with Crippen molar-refractivity contribution in [3.05, 3.63) is 88.0 Å². The molecule has 1 amide bonds. The van der Waals surface area contributed by atoms with Crippen LogP contribution in [0.2, 0.25) is 0 Å². The number of carboxylic acids is 1. The second-order valence-electron chi connectivity index (χ2n) is 10.9. The first-order valence-corrected chi connectivity index (χ1v) is 15.4. The van der Waals surface area contributed by atoms with Crippen LogP contribution in [0.25, 0.3) is 0 Å². The lowest BCUT2D eigenvalue weighted by Gasteiger charge is -2.41. The van der Waals surface area contributed by atoms with Gasteiger partial charge in [-0.15, -0.1) is 0 Å². The number of amides is 1. The molecule has 2 aliphatic rings. The van der Waals surface area contributed by atoms with E-state index in [0.29, 0.717) is 23.6 Å². The van der Waals surface area contributed by atoms with Gasteiger partial charge in [0.05, 0.1) is 12.2 Å². The number of aromatic carboxylic acids is 1. The minimum atomic E-state index is -5.49. The fourth-order valence-electron chi connectivity index (χ4n) is 5.73. The van der Waals surface area contributed by atoms with Crippen molar-refractivity contribution in [1.82, 2.24) is 4.31 Å². The average Bonchev–Trinajstić information content (AvgIpc) is 2.98. The van der Waals surface area contributed by atoms with Crippen LogP contribution >= 0.6 is 0 Å². The normalized spacial score (nSPS) is 17.6. The summed E-state index contributed by atoms with van der Waals surface area (Å²) in [6.07, 6.45) is 5.03. The summed E-state index contributed by atoms with van der Waals surface area (Å²) in [5.41, 5.74) is 0.0154. The predicted molar refractivity (Wildman–Crippen MR) is 147 cm³/mol. The Morgan fingerprint density at radius 1 is 0.844 bits per heavy atom. The molecule has 15 heteroatoms. The van der Waals surface area contributed by atoms with Gasteiger partial charge in [-0.3, -0.25) is 4.79 Å². The van der Waals surface area contributed by atoms with Crippen LogP contribution < -0.4 is 4.90 Å². The Labute approximate surface area is 253 Å². The molecule has 1 aliphatic heterocycles. The zero-order valence-corrected chi connectivity index (χ0v) is 24.2. The molecule has 2 fully saturated rings. The smallest absolute Gasteiger partial charge is 0.339 e. The average molecular weight is 657 g/mol. The minimum absolute atomic E-state index is 0.232. The molecule has 0 aromatic heterocycles. The lowest BCUT2D eigenvalue weighted by Crippen LogP contribution is -2.59. The Hall–Kier alpha value is -4.11. The number of rotatable bonds is 8. The molecular formula is C30H26F6N2O6S. The highest BCUT2D eigenvalue weighted by Crippen LogP contribution is 2.37. The van der Waals surface area contributed by atoms with Crippen LogP contribution in [-0.4, -0.2) is 47.4 Å². The number of carbonyl (C=O) groups is 2. The number of nitrogens with zero attached hydrogens (tertiary/aromatic N) is 2. The van der Waals surface area contributed by atoms with E-state index >= 15 is 4.39 Å². The van der Waals surface area contributed by atoms with E-state index < -0.39 is 97.8 Å². The van der Waals surface area contributed by atoms with Gasteiger partial charge in [-0.1, -0.05) is 43.5 Å². The lowest BCUT2D eigenvalue weighted by molar-refractivity contribution is -0.125. The van der Waals surface area contributed by atoms with Crippen LogP contribution in [0.1, 0.15) is 65.9 Å². The van der Waals surface area contributed by atoms with E-state index in [-0.39, 0.29) is 10.7 Å². The van der Waals surface area contributed by atoms with E-state index in [1.807, 2.05) is 12.1 Å². The summed E-state index contributed by atoms with van der Waals surface area (Å²) >= 11 is 0. The molecule has 1 aliphatic carbocycles. The van der Waals surface area contributed by atoms with Gasteiger partial charge in [-0.05, 0) is 42.4 Å². The standard InChI is InChI=1S/C30H26F6N2O6S/c31-19-12-18(30(41)42)22(39)13-21(19)37(14-15-6-8-17(9-7-15)16-4-2-1-3-5-16)29(40)20-10-11-38(20)45(43,44)28-26(35)24(33)23(32)25(34)27(28)36/h6-9,12-13,16,20,39H,1-5,10-11,14H2,(H,41,42)/t20-/m1/s1. The summed E-state index contributed by atoms with van der Waals surface area (Å²) in [6, 6.07) is 6.34. The van der Waals surface area contributed by atoms with Gasteiger partial charge in [0.1, 0.15) is 23.2 Å². The summed E-state index contributed by atoms with van der Waals surface area (Å²) in [5.74, 6) is -17.5. The highest BCUT2D eigenvalue weighted by atomic mass is 32.2. The predicted octanol–water partition coefficient (Wildman–Crippen LogP) is 5.97. The number of anilines is 1. The van der Waals surface area contributed by atoms with Crippen LogP contribution in [0.4, 0.5) is 32.0 Å². The molecule has 5 rings (SSSR count). The second-order valence-corrected chi connectivity index (χ2v) is 12.8. The third kappa shape index (κ3) is 5.86. The Balaban J connectivity index is 1.52. The van der Waals surface area contributed by atoms with E-state index in [1.54, 1.807) is 12.1 Å². The van der Waals surface area contributed by atoms with Crippen LogP contribution in [0.3, 0.4) is 0 Å². The molecule has 0 spiro atoms. The molecule has 0 radical (unpaired) electrons. The topological polar surface area (TPSA) is 115 Å². The number of carboxylic acid groups (broad SMARTS) is 1. The number of sulfonamides is 1. The van der Waals surface area contributed by atoms with Crippen molar-refractivity contribution in [1.29, 1.82) is 0 Å². The van der Waals surface area contributed by atoms with Gasteiger partial charge in [0.25, 0.3) is 0 Å². The summed E-state index contributed by atoms with van der Waals surface area (Å²) in [4.78, 5) is 23.8. The van der Waals surface area contributed by atoms with Crippen molar-refractivity contribution >= 4 is 27.6 Å². The molecule has 1 heterocycles. The molecule has 1 saturated carbocycles. The largest absolute Gasteiger partial charge is 0.507 e. The van der Waals surface area contributed by atoms with E-state index in [4.69, 9.17) is 0 Å². The zero-order chi connectivity index (χ0) is 32.8. The highest BCUT2D eigenvalue weighted by Gasteiger charge is 2.48. The van der Waals surface area contributed by atoms with Crippen LogP contribution in [0.5, 0.6) is 5.75 Å². The first kappa shape index (κ1) is 32.3. The Morgan fingerprint density at radius 3 is 1.96 bits per heavy atom. The maximum absolute atomic E-state index is 15.3. The molecule has 1 saturated heterocycles. The van der Waals surface area contributed by atoms with Gasteiger partial charge in [0.15, 0.2) is 28.2 Å². The van der Waals surface area contributed by atoms with Gasteiger partial charge in [-0.25, -0.2) is 39.6 Å². The summed E-state index contributed by atoms with van der Waals surface area (Å²) in [7, 11) is -5.49. The number of benzene rings is 3. The second kappa shape index (κ2) is 12.4. The molecule has 3 aromatic rings. The van der Waals surface area contributed by atoms with Crippen molar-refractivity contribution in [3.63, 3.8) is 0 Å². The summed E-state index contributed by atoms with van der Waals surface area (Å²) in [6.45, 7) is -0.965. The van der Waals surface area contributed by atoms with Crippen LogP contribution in [0.15, 0.2) is 41.3 Å². The molecule has 2 N–H and O–H groups in total. The van der Waals surface area contributed by atoms with Crippen molar-refractivity contribution in [2.75, 3.05) is 11.4 Å². The van der Waals surface area contributed by atoms with E-state index in [9.17, 15) is 50.2 Å². The third-order valence-electron chi connectivity index (χ3n) is 8.24. The van der Waals surface area contributed by atoms with E-state index in [1.165, 1.54) is 0 Å². The van der Waals surface area contributed by atoms with Crippen molar-refractivity contribution in [2.45, 2.75) is 61.9 Å². The molecule has 8 nitrogen and oxygen atoms in total. The minimum Gasteiger partial charge on any atom is -0.507 e. The maximum atomic E-state index is 15.3. The number of carbonyl (C=O) groups excluding carboxylic acids is 1. The van der Waals surface area contributed by atoms with Gasteiger partial charge in [0.2, 0.25) is 21.7 Å². The fraction of sp³-hybridized carbons (Fsp3) is 0.333. The fourth-order valence-corrected chi connectivity index (χ4v) is 7.47. The third-order valence-corrected chi connectivity index (χ3v) is 10.2. The molecule has 0 unspecified atom stereocenters. The summed E-state index contributed by atoms with van der Waals surface area (Å²) in [5, 5.41) is 19.5. The molecule has 0 bridgehead atoms. The first-order chi connectivity index (χ1) is 21.2. The van der Waals surface area contributed by atoms with E-state index in [0.717, 1.165) is 42.6 Å². The van der Waals surface area contributed by atoms with Gasteiger partial charge >= 0.3 is 5.97 Å². The Kier molecular flexibility index (Phi) is 8.86. The van der Waals surface area contributed by atoms with Crippen molar-refractivity contribution < 1.29 is 54.6 Å². The van der Waals surface area contributed by atoms with Gasteiger partial charge in [-0.2, -0.15) is 4.31 Å². The number of aromatic hydroxyl groups is 1. The Morgan fingerprint density at radius 2 is 1.42 bits per heavy atom. The molecule has 45 heavy (non-hydrogen) atoms. The molecule has 3 aromatic carbocycles. The SMILES string of the molecule is O=C(O)c1cc(F)c(N(Cc2ccc(C3CCCCC3)cc2)C(=O)[C@H]2CCN2S(=O)(=O)c2c(F)c(F)c(F)c(F)c2F)cc1O. The van der Waals surface area contributed by atoms with E-state index in [2.05, 4.69) is 0 Å². The van der Waals surface area contributed by atoms with Crippen molar-refractivity contribution in [2.24, 2.45) is 0 Å². The monoisotopic (exact) mass is 656 g/mol. The van der Waals surface area contributed by atoms with Gasteiger partial charge in [0, 0.05) is 12.6 Å². The first-order valence-electron chi connectivity index (χ1n) is 13.9. The summed E-state index contributed by atoms with van der Waals surface area (Å²) < 4.78 is 112. The number of halogens is 6. The number of hydrogen-bond acceptors (Lipinski definition) is 5. The molecule has 1 atom stereocenters. The lowest BCUT2D eigenvalue weighted by atomic mass is 9.84. The van der Waals surface area contributed by atoms with Crippen LogP contribution in [-0.2, 0) is 21.4 Å². The number of hydrogen-bond donors (Lipinski definition) is 2. The highest BCUT2D eigenvalue weighted by molar-refractivity contribution is 7.89. The number of phenols is 1. The van der Waals surface area contributed by atoms with Crippen molar-refractivity contribution in [3.8, 4) is 5.75 Å². The molecule has 240 valence electrons. The van der Waals surface area contributed by atoms with Gasteiger partial charge < -0.3 is 15.1 Å². The zero-order valence-electron chi connectivity index (χ0n) is 23.4. The molecular weight excluding hydrogens is 630 g/mol. The Bertz CT molecular complexity index is 1750.